The van der Waals surface area contributed by atoms with E-state index in [-0.39, 0.29) is 5.91 Å². The van der Waals surface area contributed by atoms with Gasteiger partial charge in [0.25, 0.3) is 0 Å². The average molecular weight is 474 g/mol. The number of amides is 1. The van der Waals surface area contributed by atoms with Crippen molar-refractivity contribution >= 4 is 11.6 Å². The molecule has 2 heterocycles. The first-order valence-corrected chi connectivity index (χ1v) is 12.4. The molecule has 1 amide bonds. The van der Waals surface area contributed by atoms with Crippen molar-refractivity contribution in [2.45, 2.75) is 38.1 Å². The van der Waals surface area contributed by atoms with Crippen LogP contribution in [-0.4, -0.2) is 55.2 Å². The number of aromatic nitrogens is 2. The molecule has 184 valence electrons. The van der Waals surface area contributed by atoms with Gasteiger partial charge in [0.1, 0.15) is 5.75 Å². The van der Waals surface area contributed by atoms with Crippen molar-refractivity contribution in [1.82, 2.24) is 20.6 Å². The number of carbonyl (C=O) groups excluding carboxylic acids is 1. The Hall–Kier alpha value is -3.45. The van der Waals surface area contributed by atoms with Crippen LogP contribution >= 0.6 is 0 Å². The number of hydrogen-bond donors (Lipinski definition) is 2. The number of anilines is 1. The Morgan fingerprint density at radius 3 is 2.57 bits per heavy atom. The molecule has 35 heavy (non-hydrogen) atoms. The third kappa shape index (κ3) is 7.52. The van der Waals surface area contributed by atoms with Crippen LogP contribution in [0.3, 0.4) is 0 Å². The van der Waals surface area contributed by atoms with Gasteiger partial charge in [0.15, 0.2) is 0 Å². The van der Waals surface area contributed by atoms with Crippen LogP contribution in [0.2, 0.25) is 0 Å². The fraction of sp³-hybridized carbons (Fsp3) is 0.393. The molecule has 0 bridgehead atoms. The SMILES string of the molecule is COc1ccccc1CCNC(=O)Cc1ccc(N2CCC(NCCc3cnccn3)CC2)cc1. The molecule has 0 aliphatic carbocycles. The van der Waals surface area contributed by atoms with E-state index in [0.717, 1.165) is 67.9 Å². The number of methoxy groups -OCH3 is 1. The first-order valence-electron chi connectivity index (χ1n) is 12.4. The van der Waals surface area contributed by atoms with Crippen molar-refractivity contribution in [3.63, 3.8) is 0 Å². The minimum absolute atomic E-state index is 0.0426. The number of nitrogens with one attached hydrogen (secondary N) is 2. The highest BCUT2D eigenvalue weighted by Gasteiger charge is 2.19. The summed E-state index contributed by atoms with van der Waals surface area (Å²) in [5, 5.41) is 6.68. The van der Waals surface area contributed by atoms with E-state index in [2.05, 4.69) is 49.8 Å². The molecule has 0 atom stereocenters. The second-order valence-electron chi connectivity index (χ2n) is 8.92. The van der Waals surface area contributed by atoms with Gasteiger partial charge in [-0.3, -0.25) is 14.8 Å². The summed E-state index contributed by atoms with van der Waals surface area (Å²) < 4.78 is 5.37. The van der Waals surface area contributed by atoms with Gasteiger partial charge >= 0.3 is 0 Å². The van der Waals surface area contributed by atoms with Crippen molar-refractivity contribution < 1.29 is 9.53 Å². The quantitative estimate of drug-likeness (QED) is 0.445. The van der Waals surface area contributed by atoms with E-state index in [0.29, 0.717) is 19.0 Å². The predicted octanol–water partition coefficient (Wildman–Crippen LogP) is 3.19. The molecular formula is C28H35N5O2. The molecule has 0 saturated carbocycles. The lowest BCUT2D eigenvalue weighted by atomic mass is 10.0. The lowest BCUT2D eigenvalue weighted by Crippen LogP contribution is -2.43. The summed E-state index contributed by atoms with van der Waals surface area (Å²) in [6.45, 7) is 3.59. The van der Waals surface area contributed by atoms with Crippen LogP contribution in [0.15, 0.2) is 67.1 Å². The summed E-state index contributed by atoms with van der Waals surface area (Å²) in [7, 11) is 1.67. The molecule has 1 aliphatic rings. The summed E-state index contributed by atoms with van der Waals surface area (Å²) in [6.07, 6.45) is 9.58. The van der Waals surface area contributed by atoms with Gasteiger partial charge < -0.3 is 20.3 Å². The Morgan fingerprint density at radius 2 is 1.83 bits per heavy atom. The average Bonchev–Trinajstić information content (AvgIpc) is 2.90. The number of para-hydroxylation sites is 1. The summed E-state index contributed by atoms with van der Waals surface area (Å²) in [5.74, 6) is 0.903. The minimum Gasteiger partial charge on any atom is -0.496 e. The van der Waals surface area contributed by atoms with E-state index >= 15 is 0 Å². The second kappa shape index (κ2) is 12.9. The fourth-order valence-electron chi connectivity index (χ4n) is 4.52. The monoisotopic (exact) mass is 473 g/mol. The first kappa shape index (κ1) is 24.7. The molecule has 7 heteroatoms. The molecule has 0 unspecified atom stereocenters. The highest BCUT2D eigenvalue weighted by molar-refractivity contribution is 5.78. The Kier molecular flexibility index (Phi) is 9.06. The number of rotatable bonds is 11. The smallest absolute Gasteiger partial charge is 0.224 e. The molecule has 1 aliphatic heterocycles. The third-order valence-electron chi connectivity index (χ3n) is 6.50. The molecule has 0 radical (unpaired) electrons. The predicted molar refractivity (Wildman–Crippen MR) is 139 cm³/mol. The number of nitrogens with zero attached hydrogens (tertiary/aromatic N) is 3. The van der Waals surface area contributed by atoms with Gasteiger partial charge in [-0.15, -0.1) is 0 Å². The number of carbonyl (C=O) groups is 1. The van der Waals surface area contributed by atoms with E-state index in [4.69, 9.17) is 4.74 Å². The zero-order valence-electron chi connectivity index (χ0n) is 20.5. The fourth-order valence-corrected chi connectivity index (χ4v) is 4.52. The minimum atomic E-state index is 0.0426. The second-order valence-corrected chi connectivity index (χ2v) is 8.92. The van der Waals surface area contributed by atoms with Crippen LogP contribution in [0.25, 0.3) is 0 Å². The Balaban J connectivity index is 1.15. The lowest BCUT2D eigenvalue weighted by Gasteiger charge is -2.34. The first-order chi connectivity index (χ1) is 17.2. The van der Waals surface area contributed by atoms with Gasteiger partial charge in [-0.1, -0.05) is 30.3 Å². The van der Waals surface area contributed by atoms with Crippen LogP contribution < -0.4 is 20.3 Å². The molecule has 3 aromatic rings. The largest absolute Gasteiger partial charge is 0.496 e. The van der Waals surface area contributed by atoms with E-state index in [9.17, 15) is 4.79 Å². The van der Waals surface area contributed by atoms with Gasteiger partial charge in [0.2, 0.25) is 5.91 Å². The number of piperidine rings is 1. The van der Waals surface area contributed by atoms with Crippen molar-refractivity contribution in [3.05, 3.63) is 83.9 Å². The maximum absolute atomic E-state index is 12.4. The molecule has 2 N–H and O–H groups in total. The van der Waals surface area contributed by atoms with E-state index in [1.54, 1.807) is 19.5 Å². The van der Waals surface area contributed by atoms with E-state index in [1.165, 1.54) is 5.69 Å². The third-order valence-corrected chi connectivity index (χ3v) is 6.50. The number of benzene rings is 2. The lowest BCUT2D eigenvalue weighted by molar-refractivity contribution is -0.120. The van der Waals surface area contributed by atoms with Crippen molar-refractivity contribution in [2.24, 2.45) is 0 Å². The molecule has 2 aromatic carbocycles. The highest BCUT2D eigenvalue weighted by Crippen LogP contribution is 2.21. The summed E-state index contributed by atoms with van der Waals surface area (Å²) >= 11 is 0. The number of hydrogen-bond acceptors (Lipinski definition) is 6. The van der Waals surface area contributed by atoms with Crippen molar-refractivity contribution in [3.8, 4) is 5.75 Å². The molecule has 7 nitrogen and oxygen atoms in total. The maximum atomic E-state index is 12.4. The topological polar surface area (TPSA) is 79.4 Å². The standard InChI is InChI=1S/C28H35N5O2/c1-35-27-5-3-2-4-23(27)10-14-32-28(34)20-22-6-8-26(9-7-22)33-18-12-24(13-19-33)30-15-11-25-21-29-16-17-31-25/h2-9,16-17,21,24,30H,10-15,18-20H2,1H3,(H,32,34). The van der Waals surface area contributed by atoms with Gasteiger partial charge in [-0.2, -0.15) is 0 Å². The van der Waals surface area contributed by atoms with Crippen LogP contribution in [0.4, 0.5) is 5.69 Å². The summed E-state index contributed by atoms with van der Waals surface area (Å²) in [5.41, 5.74) is 4.39. The van der Waals surface area contributed by atoms with Gasteiger partial charge in [0, 0.05) is 62.9 Å². The Bertz CT molecular complexity index is 1050. The van der Waals surface area contributed by atoms with Crippen LogP contribution in [0.5, 0.6) is 5.75 Å². The van der Waals surface area contributed by atoms with E-state index < -0.39 is 0 Å². The van der Waals surface area contributed by atoms with Crippen molar-refractivity contribution in [1.29, 1.82) is 0 Å². The molecular weight excluding hydrogens is 438 g/mol. The zero-order chi connectivity index (χ0) is 24.3. The summed E-state index contributed by atoms with van der Waals surface area (Å²) in [4.78, 5) is 23.3. The Labute approximate surface area is 207 Å². The number of ether oxygens (including phenoxy) is 1. The molecule has 0 spiro atoms. The van der Waals surface area contributed by atoms with Crippen LogP contribution in [-0.2, 0) is 24.1 Å². The van der Waals surface area contributed by atoms with Gasteiger partial charge in [0.05, 0.1) is 19.2 Å². The normalized spacial score (nSPS) is 14.0. The zero-order valence-corrected chi connectivity index (χ0v) is 20.5. The van der Waals surface area contributed by atoms with Gasteiger partial charge in [-0.05, 0) is 48.6 Å². The molecule has 1 saturated heterocycles. The van der Waals surface area contributed by atoms with Gasteiger partial charge in [-0.25, -0.2) is 0 Å². The molecule has 1 aromatic heterocycles. The molecule has 1 fully saturated rings. The Morgan fingerprint density at radius 1 is 1.03 bits per heavy atom. The van der Waals surface area contributed by atoms with Crippen LogP contribution in [0.1, 0.15) is 29.7 Å². The van der Waals surface area contributed by atoms with E-state index in [1.807, 2.05) is 30.5 Å². The highest BCUT2D eigenvalue weighted by atomic mass is 16.5. The maximum Gasteiger partial charge on any atom is 0.224 e. The van der Waals surface area contributed by atoms with Crippen LogP contribution in [0, 0.1) is 0 Å². The molecule has 4 rings (SSSR count). The summed E-state index contributed by atoms with van der Waals surface area (Å²) in [6, 6.07) is 16.9. The van der Waals surface area contributed by atoms with Crippen molar-refractivity contribution in [2.75, 3.05) is 38.2 Å².